The van der Waals surface area contributed by atoms with Crippen LogP contribution in [0.5, 0.6) is 0 Å². The average Bonchev–Trinajstić information content (AvgIpc) is 2.77. The van der Waals surface area contributed by atoms with E-state index in [1.54, 1.807) is 0 Å². The molecule has 3 heteroatoms. The third-order valence-electron chi connectivity index (χ3n) is 7.45. The minimum absolute atomic E-state index is 0.175. The topological polar surface area (TPSA) is 35.5 Å². The fraction of sp³-hybridized carbons (Fsp3) is 0.615. The maximum atomic E-state index is 12.3. The predicted molar refractivity (Wildman–Crippen MR) is 122 cm³/mol. The minimum atomic E-state index is -0.595. The molecule has 2 aliphatic rings. The zero-order valence-corrected chi connectivity index (χ0v) is 18.1. The second-order valence-electron chi connectivity index (χ2n) is 9.25. The molecule has 2 aromatic rings. The largest absolute Gasteiger partial charge is 0.389 e. The number of unbranched alkanes of at least 4 members (excludes halogenated alkanes) is 1. The van der Waals surface area contributed by atoms with E-state index < -0.39 is 5.60 Å². The number of hydrogen-bond donors (Lipinski definition) is 2. The summed E-state index contributed by atoms with van der Waals surface area (Å²) in [5.41, 5.74) is 0.759. The van der Waals surface area contributed by atoms with Gasteiger partial charge in [0.15, 0.2) is 0 Å². The van der Waals surface area contributed by atoms with E-state index in [0.717, 1.165) is 52.0 Å². The normalized spacial score (nSPS) is 27.2. The molecule has 1 saturated heterocycles. The summed E-state index contributed by atoms with van der Waals surface area (Å²) in [5, 5.41) is 18.4. The number of aliphatic hydroxyl groups is 1. The molecule has 1 aliphatic carbocycles. The first-order valence-corrected chi connectivity index (χ1v) is 11.9. The van der Waals surface area contributed by atoms with Crippen molar-refractivity contribution in [3.8, 4) is 0 Å². The summed E-state index contributed by atoms with van der Waals surface area (Å²) < 4.78 is 0. The highest BCUT2D eigenvalue weighted by Gasteiger charge is 2.46. The molecule has 0 radical (unpaired) electrons. The van der Waals surface area contributed by atoms with Crippen LogP contribution in [0.15, 0.2) is 42.5 Å². The van der Waals surface area contributed by atoms with Crippen LogP contribution in [0.3, 0.4) is 0 Å². The van der Waals surface area contributed by atoms with Crippen molar-refractivity contribution in [2.24, 2.45) is 5.92 Å². The molecule has 0 bridgehead atoms. The van der Waals surface area contributed by atoms with Gasteiger partial charge in [0.1, 0.15) is 0 Å². The number of hydrogen-bond acceptors (Lipinski definition) is 3. The zero-order chi connectivity index (χ0) is 20.1. The van der Waals surface area contributed by atoms with Gasteiger partial charge in [-0.3, -0.25) is 0 Å². The summed E-state index contributed by atoms with van der Waals surface area (Å²) >= 11 is 0. The lowest BCUT2D eigenvalue weighted by atomic mass is 9.64. The lowest BCUT2D eigenvalue weighted by molar-refractivity contribution is -0.0806. The molecule has 0 aromatic heterocycles. The standard InChI is InChI=1S/C26H38N2O/c1-2-3-11-22-12-6-7-15-26(22,29)25(20-28-18-16-27-17-19-28)24-14-8-10-21-9-4-5-13-23(21)24/h4-5,8-10,13-14,22,25,27,29H,2-3,6-7,11-12,15-20H2,1H3. The molecule has 3 unspecified atom stereocenters. The minimum Gasteiger partial charge on any atom is -0.389 e. The summed E-state index contributed by atoms with van der Waals surface area (Å²) in [6.45, 7) is 7.51. The Kier molecular flexibility index (Phi) is 6.89. The molecular weight excluding hydrogens is 356 g/mol. The van der Waals surface area contributed by atoms with E-state index in [4.69, 9.17) is 0 Å². The molecule has 3 nitrogen and oxygen atoms in total. The zero-order valence-electron chi connectivity index (χ0n) is 18.1. The molecule has 158 valence electrons. The van der Waals surface area contributed by atoms with E-state index in [9.17, 15) is 5.11 Å². The van der Waals surface area contributed by atoms with Gasteiger partial charge >= 0.3 is 0 Å². The van der Waals surface area contributed by atoms with Crippen molar-refractivity contribution < 1.29 is 5.11 Å². The molecule has 4 rings (SSSR count). The summed E-state index contributed by atoms with van der Waals surface area (Å²) in [6, 6.07) is 15.4. The van der Waals surface area contributed by atoms with Gasteiger partial charge in [-0.1, -0.05) is 75.1 Å². The molecule has 1 saturated carbocycles. The molecule has 2 fully saturated rings. The van der Waals surface area contributed by atoms with Crippen LogP contribution >= 0.6 is 0 Å². The van der Waals surface area contributed by atoms with Gasteiger partial charge in [-0.15, -0.1) is 0 Å². The van der Waals surface area contributed by atoms with Gasteiger partial charge in [-0.25, -0.2) is 0 Å². The first kappa shape index (κ1) is 20.8. The van der Waals surface area contributed by atoms with Crippen LogP contribution in [0.4, 0.5) is 0 Å². The number of piperazine rings is 1. The van der Waals surface area contributed by atoms with Crippen LogP contribution in [0, 0.1) is 5.92 Å². The highest BCUT2D eigenvalue weighted by atomic mass is 16.3. The van der Waals surface area contributed by atoms with Crippen LogP contribution in [0.2, 0.25) is 0 Å². The van der Waals surface area contributed by atoms with E-state index >= 15 is 0 Å². The van der Waals surface area contributed by atoms with Crippen molar-refractivity contribution in [2.75, 3.05) is 32.7 Å². The highest BCUT2D eigenvalue weighted by Crippen LogP contribution is 2.47. The Morgan fingerprint density at radius 2 is 1.90 bits per heavy atom. The summed E-state index contributed by atoms with van der Waals surface area (Å²) in [6.07, 6.45) is 8.15. The number of benzene rings is 2. The first-order chi connectivity index (χ1) is 14.2. The van der Waals surface area contributed by atoms with Crippen molar-refractivity contribution in [1.29, 1.82) is 0 Å². The van der Waals surface area contributed by atoms with E-state index in [-0.39, 0.29) is 5.92 Å². The van der Waals surface area contributed by atoms with Gasteiger partial charge in [-0.05, 0) is 41.5 Å². The molecule has 2 aromatic carbocycles. The third-order valence-corrected chi connectivity index (χ3v) is 7.45. The van der Waals surface area contributed by atoms with E-state index in [1.165, 1.54) is 42.0 Å². The smallest absolute Gasteiger partial charge is 0.0756 e. The number of nitrogens with one attached hydrogen (secondary N) is 1. The monoisotopic (exact) mass is 394 g/mol. The van der Waals surface area contributed by atoms with Crippen molar-refractivity contribution in [1.82, 2.24) is 10.2 Å². The maximum absolute atomic E-state index is 12.3. The molecule has 1 aliphatic heterocycles. The van der Waals surface area contributed by atoms with Crippen LogP contribution in [-0.2, 0) is 0 Å². The van der Waals surface area contributed by atoms with Crippen molar-refractivity contribution in [3.63, 3.8) is 0 Å². The van der Waals surface area contributed by atoms with Gasteiger partial charge in [-0.2, -0.15) is 0 Å². The quantitative estimate of drug-likeness (QED) is 0.698. The molecule has 0 amide bonds. The maximum Gasteiger partial charge on any atom is 0.0756 e. The number of nitrogens with zero attached hydrogens (tertiary/aromatic N) is 1. The van der Waals surface area contributed by atoms with Gasteiger partial charge < -0.3 is 15.3 Å². The molecular formula is C26H38N2O. The Bertz CT molecular complexity index is 780. The Balaban J connectivity index is 1.74. The molecule has 0 spiro atoms. The van der Waals surface area contributed by atoms with Crippen LogP contribution in [0.1, 0.15) is 63.4 Å². The molecule has 2 N–H and O–H groups in total. The van der Waals surface area contributed by atoms with Gasteiger partial charge in [0.05, 0.1) is 5.60 Å². The Hall–Kier alpha value is -1.42. The van der Waals surface area contributed by atoms with Gasteiger partial charge in [0.2, 0.25) is 0 Å². The Morgan fingerprint density at radius 3 is 2.72 bits per heavy atom. The Labute approximate surface area is 176 Å². The predicted octanol–water partition coefficient (Wildman–Crippen LogP) is 4.94. The molecule has 29 heavy (non-hydrogen) atoms. The third kappa shape index (κ3) is 4.52. The van der Waals surface area contributed by atoms with E-state index in [1.807, 2.05) is 0 Å². The van der Waals surface area contributed by atoms with Crippen LogP contribution in [-0.4, -0.2) is 48.3 Å². The Morgan fingerprint density at radius 1 is 1.10 bits per heavy atom. The van der Waals surface area contributed by atoms with Crippen molar-refractivity contribution in [2.45, 2.75) is 63.4 Å². The van der Waals surface area contributed by atoms with Crippen LogP contribution < -0.4 is 5.32 Å². The lowest BCUT2D eigenvalue weighted by Gasteiger charge is -2.48. The van der Waals surface area contributed by atoms with Crippen molar-refractivity contribution in [3.05, 3.63) is 48.0 Å². The number of fused-ring (bicyclic) bond motifs is 1. The summed E-state index contributed by atoms with van der Waals surface area (Å²) in [4.78, 5) is 2.58. The van der Waals surface area contributed by atoms with E-state index in [2.05, 4.69) is 59.6 Å². The van der Waals surface area contributed by atoms with Gasteiger partial charge in [0.25, 0.3) is 0 Å². The van der Waals surface area contributed by atoms with Crippen LogP contribution in [0.25, 0.3) is 10.8 Å². The second kappa shape index (κ2) is 9.59. The highest BCUT2D eigenvalue weighted by molar-refractivity contribution is 5.86. The van der Waals surface area contributed by atoms with Crippen molar-refractivity contribution >= 4 is 10.8 Å². The van der Waals surface area contributed by atoms with E-state index in [0.29, 0.717) is 5.92 Å². The van der Waals surface area contributed by atoms with Gasteiger partial charge in [0, 0.05) is 38.6 Å². The SMILES string of the molecule is CCCCC1CCCCC1(O)C(CN1CCNCC1)c1cccc2ccccc12. The summed E-state index contributed by atoms with van der Waals surface area (Å²) in [7, 11) is 0. The first-order valence-electron chi connectivity index (χ1n) is 11.9. The number of rotatable bonds is 7. The second-order valence-corrected chi connectivity index (χ2v) is 9.25. The fourth-order valence-electron chi connectivity index (χ4n) is 5.79. The summed E-state index contributed by atoms with van der Waals surface area (Å²) in [5.74, 6) is 0.594. The molecule has 1 heterocycles. The lowest BCUT2D eigenvalue weighted by Crippen LogP contribution is -2.52. The average molecular weight is 395 g/mol. The fourth-order valence-corrected chi connectivity index (χ4v) is 5.79. The molecule has 3 atom stereocenters.